The van der Waals surface area contributed by atoms with E-state index in [2.05, 4.69) is 40.9 Å². The first kappa shape index (κ1) is 22.7. The minimum Gasteiger partial charge on any atom is -0.484 e. The predicted molar refractivity (Wildman–Crippen MR) is 137 cm³/mol. The van der Waals surface area contributed by atoms with Gasteiger partial charge in [0.25, 0.3) is 5.88 Å². The lowest BCUT2D eigenvalue weighted by Crippen LogP contribution is -2.22. The number of hydrogen-bond donors (Lipinski definition) is 2. The molecule has 0 bridgehead atoms. The molecule has 1 aromatic carbocycles. The lowest BCUT2D eigenvalue weighted by atomic mass is 9.83. The quantitative estimate of drug-likeness (QED) is 0.542. The Morgan fingerprint density at radius 3 is 2.83 bits per heavy atom. The van der Waals surface area contributed by atoms with Crippen LogP contribution in [0, 0.1) is 12.8 Å². The highest BCUT2D eigenvalue weighted by Crippen LogP contribution is 2.57. The number of pyridine rings is 1. The Morgan fingerprint density at radius 1 is 1.19 bits per heavy atom. The van der Waals surface area contributed by atoms with Gasteiger partial charge in [-0.15, -0.1) is 0 Å². The number of ether oxygens (including phenoxy) is 3. The van der Waals surface area contributed by atoms with E-state index in [9.17, 15) is 0 Å². The molecule has 1 saturated heterocycles. The molecule has 36 heavy (non-hydrogen) atoms. The number of nitrogens with zero attached hydrogens (tertiary/aromatic N) is 4. The lowest BCUT2D eigenvalue weighted by Gasteiger charge is -2.25. The zero-order chi connectivity index (χ0) is 24.9. The zero-order valence-corrected chi connectivity index (χ0v) is 20.5. The summed E-state index contributed by atoms with van der Waals surface area (Å²) in [6.07, 6.45) is 7.22. The zero-order valence-electron chi connectivity index (χ0n) is 20.5. The molecule has 3 atom stereocenters. The van der Waals surface area contributed by atoms with Crippen LogP contribution in [0.1, 0.15) is 42.0 Å². The fraction of sp³-hybridized carbons (Fsp3) is 0.407. The third kappa shape index (κ3) is 3.93. The van der Waals surface area contributed by atoms with Gasteiger partial charge in [0.15, 0.2) is 17.4 Å². The van der Waals surface area contributed by atoms with Crippen molar-refractivity contribution >= 4 is 17.9 Å². The Labute approximate surface area is 209 Å². The van der Waals surface area contributed by atoms with Gasteiger partial charge in [-0.1, -0.05) is 6.92 Å². The second-order valence-electron chi connectivity index (χ2n) is 10.0. The summed E-state index contributed by atoms with van der Waals surface area (Å²) in [5, 5.41) is 0. The van der Waals surface area contributed by atoms with Gasteiger partial charge in [-0.3, -0.25) is 4.99 Å². The van der Waals surface area contributed by atoms with Gasteiger partial charge in [-0.25, -0.2) is 15.0 Å². The second-order valence-corrected chi connectivity index (χ2v) is 10.0. The minimum atomic E-state index is -0.0583. The smallest absolute Gasteiger partial charge is 0.258 e. The molecule has 0 radical (unpaired) electrons. The fourth-order valence-electron chi connectivity index (χ4n) is 5.49. The standard InChI is InChI=1S/C27H30N6O3/c1-15-7-18(8-19-10-30-14-27(22(15)19)9-16(27)2)21-11-32-25(29)26(33-21)35-12-17-3-5-31-24(28)23(17)36-20-4-6-34-13-20/h3,5,7-8,10-11,16,20H,4,6,9,12-14H2,1-2H3,(H2,28,31)(H2,29,32)/t16-,20-,27-/m0/s1. The molecule has 0 amide bonds. The summed E-state index contributed by atoms with van der Waals surface area (Å²) in [6.45, 7) is 6.71. The fourth-order valence-corrected chi connectivity index (χ4v) is 5.49. The molecule has 0 unspecified atom stereocenters. The molecule has 186 valence electrons. The van der Waals surface area contributed by atoms with Gasteiger partial charge in [0, 0.05) is 41.9 Å². The number of rotatable bonds is 6. The number of aromatic nitrogens is 3. The summed E-state index contributed by atoms with van der Waals surface area (Å²) in [7, 11) is 0. The maximum Gasteiger partial charge on any atom is 0.258 e. The number of anilines is 2. The molecule has 1 aliphatic carbocycles. The lowest BCUT2D eigenvalue weighted by molar-refractivity contribution is 0.139. The van der Waals surface area contributed by atoms with Crippen LogP contribution in [0.5, 0.6) is 11.6 Å². The van der Waals surface area contributed by atoms with Crippen LogP contribution in [0.25, 0.3) is 11.3 Å². The van der Waals surface area contributed by atoms with Crippen LogP contribution in [0.2, 0.25) is 0 Å². The van der Waals surface area contributed by atoms with Crippen molar-refractivity contribution in [3.05, 3.63) is 52.8 Å². The number of aliphatic imine (C=N–C) groups is 1. The molecular weight excluding hydrogens is 456 g/mol. The highest BCUT2D eigenvalue weighted by atomic mass is 16.5. The van der Waals surface area contributed by atoms with Gasteiger partial charge in [-0.2, -0.15) is 0 Å². The van der Waals surface area contributed by atoms with Crippen molar-refractivity contribution in [1.82, 2.24) is 15.0 Å². The number of benzene rings is 1. The molecule has 4 N–H and O–H groups in total. The van der Waals surface area contributed by atoms with Crippen LogP contribution in [-0.2, 0) is 16.8 Å². The van der Waals surface area contributed by atoms with Crippen molar-refractivity contribution in [2.75, 3.05) is 31.2 Å². The van der Waals surface area contributed by atoms with E-state index in [1.54, 1.807) is 12.4 Å². The third-order valence-corrected chi connectivity index (χ3v) is 7.53. The molecule has 9 heteroatoms. The van der Waals surface area contributed by atoms with Crippen LogP contribution in [0.3, 0.4) is 0 Å². The molecule has 4 heterocycles. The van der Waals surface area contributed by atoms with Crippen molar-refractivity contribution < 1.29 is 14.2 Å². The third-order valence-electron chi connectivity index (χ3n) is 7.53. The maximum absolute atomic E-state index is 6.13. The summed E-state index contributed by atoms with van der Waals surface area (Å²) >= 11 is 0. The number of fused-ring (bicyclic) bond motifs is 2. The first-order valence-corrected chi connectivity index (χ1v) is 12.3. The predicted octanol–water partition coefficient (Wildman–Crippen LogP) is 3.47. The molecule has 6 rings (SSSR count). The van der Waals surface area contributed by atoms with Gasteiger partial charge < -0.3 is 25.7 Å². The number of nitrogen functional groups attached to an aromatic ring is 2. The number of hydrogen-bond acceptors (Lipinski definition) is 9. The van der Waals surface area contributed by atoms with Crippen molar-refractivity contribution in [3.8, 4) is 22.9 Å². The highest BCUT2D eigenvalue weighted by Gasteiger charge is 2.54. The highest BCUT2D eigenvalue weighted by molar-refractivity contribution is 5.88. The Balaban J connectivity index is 1.26. The van der Waals surface area contributed by atoms with E-state index < -0.39 is 0 Å². The van der Waals surface area contributed by atoms with Crippen molar-refractivity contribution in [2.24, 2.45) is 10.9 Å². The normalized spacial score (nSPS) is 24.1. The van der Waals surface area contributed by atoms with Gasteiger partial charge in [-0.05, 0) is 54.2 Å². The molecule has 2 fully saturated rings. The Hall–Kier alpha value is -3.72. The monoisotopic (exact) mass is 486 g/mol. The molecule has 9 nitrogen and oxygen atoms in total. The topological polar surface area (TPSA) is 131 Å². The second kappa shape index (κ2) is 8.74. The summed E-state index contributed by atoms with van der Waals surface area (Å²) in [5.41, 5.74) is 18.7. The molecular formula is C27H30N6O3. The average molecular weight is 487 g/mol. The molecule has 1 spiro atoms. The minimum absolute atomic E-state index is 0.0583. The molecule has 2 aliphatic heterocycles. The van der Waals surface area contributed by atoms with Crippen molar-refractivity contribution in [2.45, 2.75) is 44.8 Å². The number of nitrogens with two attached hydrogens (primary N) is 2. The van der Waals surface area contributed by atoms with Gasteiger partial charge in [0.2, 0.25) is 0 Å². The first-order valence-electron chi connectivity index (χ1n) is 12.3. The van der Waals surface area contributed by atoms with E-state index in [4.69, 9.17) is 30.7 Å². The van der Waals surface area contributed by atoms with Crippen molar-refractivity contribution in [1.29, 1.82) is 0 Å². The summed E-state index contributed by atoms with van der Waals surface area (Å²) in [6, 6.07) is 6.13. The van der Waals surface area contributed by atoms with Gasteiger partial charge in [0.1, 0.15) is 12.7 Å². The van der Waals surface area contributed by atoms with Crippen LogP contribution in [0.15, 0.2) is 35.6 Å². The Kier molecular flexibility index (Phi) is 5.52. The largest absolute Gasteiger partial charge is 0.484 e. The summed E-state index contributed by atoms with van der Waals surface area (Å²) in [4.78, 5) is 17.9. The SMILES string of the molecule is Cc1cc(-c2cnc(N)c(OCc3ccnc(N)c3O[C@H]3CCOC3)n2)cc2c1[C@]1(CN=C2)C[C@@H]1C. The Bertz CT molecular complexity index is 1350. The Morgan fingerprint density at radius 2 is 2.06 bits per heavy atom. The number of aryl methyl sites for hydroxylation is 1. The van der Waals surface area contributed by atoms with Crippen LogP contribution in [-0.4, -0.2) is 47.0 Å². The van der Waals surface area contributed by atoms with E-state index in [0.29, 0.717) is 36.4 Å². The van der Waals surface area contributed by atoms with Crippen LogP contribution < -0.4 is 20.9 Å². The summed E-state index contributed by atoms with van der Waals surface area (Å²) in [5.74, 6) is 1.95. The van der Waals surface area contributed by atoms with Gasteiger partial charge >= 0.3 is 0 Å². The molecule has 3 aliphatic rings. The van der Waals surface area contributed by atoms with Crippen LogP contribution in [0.4, 0.5) is 11.6 Å². The van der Waals surface area contributed by atoms with Crippen molar-refractivity contribution in [3.63, 3.8) is 0 Å². The van der Waals surface area contributed by atoms with Crippen LogP contribution >= 0.6 is 0 Å². The van der Waals surface area contributed by atoms with E-state index in [-0.39, 0.29) is 29.8 Å². The van der Waals surface area contributed by atoms with E-state index in [1.807, 2.05) is 12.3 Å². The van der Waals surface area contributed by atoms with E-state index in [1.165, 1.54) is 17.5 Å². The maximum atomic E-state index is 6.13. The average Bonchev–Trinajstić information content (AvgIpc) is 3.24. The summed E-state index contributed by atoms with van der Waals surface area (Å²) < 4.78 is 17.5. The van der Waals surface area contributed by atoms with Gasteiger partial charge in [0.05, 0.1) is 25.1 Å². The molecule has 1 saturated carbocycles. The van der Waals surface area contributed by atoms with E-state index in [0.717, 1.165) is 29.7 Å². The molecule has 3 aromatic rings. The first-order chi connectivity index (χ1) is 17.4. The van der Waals surface area contributed by atoms with E-state index >= 15 is 0 Å². The molecule has 2 aromatic heterocycles.